The molecule has 0 aliphatic heterocycles. The van der Waals surface area contributed by atoms with Crippen LogP contribution in [0.15, 0.2) is 30.3 Å². The molecule has 0 fully saturated rings. The molecule has 2 atom stereocenters. The first kappa shape index (κ1) is 13.6. The Kier molecular flexibility index (Phi) is 3.14. The van der Waals surface area contributed by atoms with Gasteiger partial charge in [-0.1, -0.05) is 6.07 Å². The van der Waals surface area contributed by atoms with Gasteiger partial charge in [-0.3, -0.25) is 0 Å². The van der Waals surface area contributed by atoms with Crippen molar-refractivity contribution in [3.63, 3.8) is 0 Å². The molecule has 0 amide bonds. The van der Waals surface area contributed by atoms with E-state index in [0.29, 0.717) is 17.5 Å². The third-order valence-electron chi connectivity index (χ3n) is 4.05. The Morgan fingerprint density at radius 2 is 1.57 bits per heavy atom. The first-order valence-electron chi connectivity index (χ1n) is 6.69. The molecule has 0 aromatic heterocycles. The van der Waals surface area contributed by atoms with E-state index < -0.39 is 6.10 Å². The van der Waals surface area contributed by atoms with E-state index in [9.17, 15) is 25.5 Å². The summed E-state index contributed by atoms with van der Waals surface area (Å²) < 4.78 is 0. The van der Waals surface area contributed by atoms with Gasteiger partial charge in [-0.2, -0.15) is 0 Å². The quantitative estimate of drug-likeness (QED) is 0.515. The summed E-state index contributed by atoms with van der Waals surface area (Å²) in [7, 11) is 0. The summed E-state index contributed by atoms with van der Waals surface area (Å²) in [6.07, 6.45) is -0.00643. The van der Waals surface area contributed by atoms with Gasteiger partial charge in [0.1, 0.15) is 11.5 Å². The van der Waals surface area contributed by atoms with Crippen LogP contribution in [0.4, 0.5) is 0 Å². The number of rotatable bonds is 1. The Morgan fingerprint density at radius 1 is 0.810 bits per heavy atom. The minimum absolute atomic E-state index is 0.0175. The molecule has 0 saturated heterocycles. The van der Waals surface area contributed by atoms with Gasteiger partial charge in [-0.25, -0.2) is 0 Å². The second kappa shape index (κ2) is 4.86. The average molecular weight is 288 g/mol. The van der Waals surface area contributed by atoms with Crippen molar-refractivity contribution in [1.29, 1.82) is 0 Å². The van der Waals surface area contributed by atoms with Crippen LogP contribution in [0.1, 0.15) is 22.6 Å². The number of benzene rings is 2. The maximum absolute atomic E-state index is 10.3. The number of hydrogen-bond donors (Lipinski definition) is 5. The van der Waals surface area contributed by atoms with Crippen LogP contribution in [-0.2, 0) is 12.8 Å². The SMILES string of the molecule is Oc1cc(O)c2c(c1)C[C@H](c1ccc(O)c(O)c1)[C@@H](O)C2. The van der Waals surface area contributed by atoms with E-state index >= 15 is 0 Å². The monoisotopic (exact) mass is 288 g/mol. The summed E-state index contributed by atoms with van der Waals surface area (Å²) in [5.74, 6) is -0.750. The summed E-state index contributed by atoms with van der Waals surface area (Å²) in [6, 6.07) is 7.30. The van der Waals surface area contributed by atoms with E-state index in [-0.39, 0.29) is 35.3 Å². The Hall–Kier alpha value is -2.40. The lowest BCUT2D eigenvalue weighted by atomic mass is 9.77. The molecule has 1 aliphatic carbocycles. The van der Waals surface area contributed by atoms with E-state index in [1.54, 1.807) is 12.1 Å². The molecule has 5 nitrogen and oxygen atoms in total. The molecule has 0 saturated carbocycles. The Morgan fingerprint density at radius 3 is 2.29 bits per heavy atom. The van der Waals surface area contributed by atoms with Gasteiger partial charge in [0.25, 0.3) is 0 Å². The zero-order valence-corrected chi connectivity index (χ0v) is 11.2. The van der Waals surface area contributed by atoms with Gasteiger partial charge in [0.05, 0.1) is 6.10 Å². The normalized spacial score (nSPS) is 21.0. The molecule has 0 unspecified atom stereocenters. The van der Waals surface area contributed by atoms with Gasteiger partial charge in [-0.05, 0) is 41.3 Å². The molecule has 0 radical (unpaired) electrons. The highest BCUT2D eigenvalue weighted by molar-refractivity contribution is 5.49. The molecule has 3 rings (SSSR count). The third kappa shape index (κ3) is 2.36. The van der Waals surface area contributed by atoms with Crippen molar-refractivity contribution in [2.24, 2.45) is 0 Å². The predicted molar refractivity (Wildman–Crippen MR) is 75.7 cm³/mol. The van der Waals surface area contributed by atoms with Gasteiger partial charge in [0, 0.05) is 18.4 Å². The van der Waals surface area contributed by atoms with Crippen molar-refractivity contribution in [2.75, 3.05) is 0 Å². The van der Waals surface area contributed by atoms with E-state index in [1.807, 2.05) is 0 Å². The van der Waals surface area contributed by atoms with Gasteiger partial charge in [-0.15, -0.1) is 0 Å². The largest absolute Gasteiger partial charge is 0.508 e. The van der Waals surface area contributed by atoms with Crippen LogP contribution >= 0.6 is 0 Å². The lowest BCUT2D eigenvalue weighted by Crippen LogP contribution is -2.28. The Balaban J connectivity index is 2.00. The molecule has 1 aliphatic rings. The maximum atomic E-state index is 10.3. The zero-order chi connectivity index (χ0) is 15.1. The first-order chi connectivity index (χ1) is 9.95. The highest BCUT2D eigenvalue weighted by atomic mass is 16.3. The lowest BCUT2D eigenvalue weighted by molar-refractivity contribution is 0.134. The van der Waals surface area contributed by atoms with Crippen LogP contribution in [-0.4, -0.2) is 31.6 Å². The Labute approximate surface area is 121 Å². The third-order valence-corrected chi connectivity index (χ3v) is 4.05. The molecule has 21 heavy (non-hydrogen) atoms. The summed E-state index contributed by atoms with van der Waals surface area (Å²) in [6.45, 7) is 0. The molecule has 0 bridgehead atoms. The topological polar surface area (TPSA) is 101 Å². The summed E-state index contributed by atoms with van der Waals surface area (Å²) in [5, 5.41) is 48.7. The minimum Gasteiger partial charge on any atom is -0.508 e. The molecule has 110 valence electrons. The maximum Gasteiger partial charge on any atom is 0.157 e. The summed E-state index contributed by atoms with van der Waals surface area (Å²) in [4.78, 5) is 0. The molecule has 2 aromatic rings. The average Bonchev–Trinajstić information content (AvgIpc) is 2.42. The van der Waals surface area contributed by atoms with Gasteiger partial charge in [0.2, 0.25) is 0 Å². The van der Waals surface area contributed by atoms with Crippen LogP contribution in [0.2, 0.25) is 0 Å². The standard InChI is InChI=1S/C16H16O5/c17-10-3-9-4-11(8-1-2-13(18)16(21)5-8)15(20)7-12(9)14(19)6-10/h1-3,5-6,11,15,17-21H,4,7H2/t11-,15+/m1/s1. The second-order valence-corrected chi connectivity index (χ2v) is 5.43. The van der Waals surface area contributed by atoms with Crippen LogP contribution in [0.5, 0.6) is 23.0 Å². The predicted octanol–water partition coefficient (Wildman–Crippen LogP) is 1.75. The lowest BCUT2D eigenvalue weighted by Gasteiger charge is -2.30. The number of phenolic OH excluding ortho intramolecular Hbond substituents is 4. The first-order valence-corrected chi connectivity index (χ1v) is 6.69. The zero-order valence-electron chi connectivity index (χ0n) is 11.2. The number of aromatic hydroxyl groups is 4. The van der Waals surface area contributed by atoms with E-state index in [0.717, 1.165) is 5.56 Å². The number of phenols is 4. The molecular weight excluding hydrogens is 272 g/mol. The molecule has 0 heterocycles. The fourth-order valence-electron chi connectivity index (χ4n) is 2.95. The minimum atomic E-state index is -0.711. The molecular formula is C16H16O5. The van der Waals surface area contributed by atoms with E-state index in [4.69, 9.17) is 0 Å². The Bertz CT molecular complexity index is 695. The van der Waals surface area contributed by atoms with Gasteiger partial charge >= 0.3 is 0 Å². The summed E-state index contributed by atoms with van der Waals surface area (Å²) >= 11 is 0. The highest BCUT2D eigenvalue weighted by Crippen LogP contribution is 2.40. The van der Waals surface area contributed by atoms with Crippen molar-refractivity contribution >= 4 is 0 Å². The fraction of sp³-hybridized carbons (Fsp3) is 0.250. The van der Waals surface area contributed by atoms with Crippen LogP contribution < -0.4 is 0 Å². The van der Waals surface area contributed by atoms with Crippen molar-refractivity contribution < 1.29 is 25.5 Å². The second-order valence-electron chi connectivity index (χ2n) is 5.43. The van der Waals surface area contributed by atoms with Gasteiger partial charge < -0.3 is 25.5 Å². The number of aliphatic hydroxyl groups excluding tert-OH is 1. The number of hydrogen-bond acceptors (Lipinski definition) is 5. The molecule has 5 N–H and O–H groups in total. The number of aliphatic hydroxyl groups is 1. The van der Waals surface area contributed by atoms with Gasteiger partial charge in [0.15, 0.2) is 11.5 Å². The molecule has 2 aromatic carbocycles. The van der Waals surface area contributed by atoms with Crippen molar-refractivity contribution in [1.82, 2.24) is 0 Å². The van der Waals surface area contributed by atoms with Crippen molar-refractivity contribution in [2.45, 2.75) is 24.9 Å². The number of fused-ring (bicyclic) bond motifs is 1. The van der Waals surface area contributed by atoms with Crippen molar-refractivity contribution in [3.05, 3.63) is 47.0 Å². The summed E-state index contributed by atoms with van der Waals surface area (Å²) in [5.41, 5.74) is 2.11. The van der Waals surface area contributed by atoms with Crippen LogP contribution in [0, 0.1) is 0 Å². The van der Waals surface area contributed by atoms with Crippen LogP contribution in [0.25, 0.3) is 0 Å². The van der Waals surface area contributed by atoms with Crippen LogP contribution in [0.3, 0.4) is 0 Å². The fourth-order valence-corrected chi connectivity index (χ4v) is 2.95. The van der Waals surface area contributed by atoms with Crippen molar-refractivity contribution in [3.8, 4) is 23.0 Å². The van der Waals surface area contributed by atoms with E-state index in [1.165, 1.54) is 18.2 Å². The molecule has 5 heteroatoms. The smallest absolute Gasteiger partial charge is 0.157 e. The molecule has 0 spiro atoms. The highest BCUT2D eigenvalue weighted by Gasteiger charge is 2.30. The van der Waals surface area contributed by atoms with E-state index in [2.05, 4.69) is 0 Å².